The van der Waals surface area contributed by atoms with Crippen LogP contribution < -0.4 is 15.5 Å². The number of amides is 1. The van der Waals surface area contributed by atoms with Crippen LogP contribution in [0.3, 0.4) is 0 Å². The predicted octanol–water partition coefficient (Wildman–Crippen LogP) is 3.08. The number of phenols is 1. The third kappa shape index (κ3) is 5.66. The highest BCUT2D eigenvalue weighted by Gasteiger charge is 2.04. The number of para-hydroxylation sites is 1. The number of carbonyl (C=O) groups excluding carboxylic acids is 1. The van der Waals surface area contributed by atoms with Crippen molar-refractivity contribution in [2.24, 2.45) is 5.10 Å². The van der Waals surface area contributed by atoms with Crippen LogP contribution >= 0.6 is 0 Å². The van der Waals surface area contributed by atoms with Crippen LogP contribution in [0.25, 0.3) is 0 Å². The van der Waals surface area contributed by atoms with Crippen molar-refractivity contribution in [3.8, 4) is 11.5 Å². The van der Waals surface area contributed by atoms with Gasteiger partial charge in [0, 0.05) is 11.3 Å². The van der Waals surface area contributed by atoms with Crippen LogP contribution in [0.15, 0.2) is 60.2 Å². The lowest BCUT2D eigenvalue weighted by molar-refractivity contribution is -0.119. The summed E-state index contributed by atoms with van der Waals surface area (Å²) < 4.78 is 5.36. The maximum Gasteiger partial charge on any atom is 0.259 e. The Bertz CT molecular complexity index is 770. The maximum atomic E-state index is 11.8. The van der Waals surface area contributed by atoms with E-state index in [1.54, 1.807) is 12.1 Å². The molecular formula is C20H23N3O3. The van der Waals surface area contributed by atoms with Crippen LogP contribution in [0, 0.1) is 0 Å². The second kappa shape index (κ2) is 9.88. The lowest BCUT2D eigenvalue weighted by atomic mass is 10.1. The van der Waals surface area contributed by atoms with Crippen molar-refractivity contribution >= 4 is 17.8 Å². The van der Waals surface area contributed by atoms with Gasteiger partial charge in [-0.3, -0.25) is 4.79 Å². The number of anilines is 1. The molecule has 3 N–H and O–H groups in total. The molecule has 0 fully saturated rings. The molecule has 0 saturated heterocycles. The van der Waals surface area contributed by atoms with Crippen molar-refractivity contribution in [3.63, 3.8) is 0 Å². The number of benzene rings is 2. The predicted molar refractivity (Wildman–Crippen MR) is 104 cm³/mol. The van der Waals surface area contributed by atoms with Gasteiger partial charge in [-0.15, -0.1) is 6.58 Å². The minimum Gasteiger partial charge on any atom is -0.507 e. The minimum atomic E-state index is -0.295. The van der Waals surface area contributed by atoms with Crippen molar-refractivity contribution in [2.45, 2.75) is 13.3 Å². The van der Waals surface area contributed by atoms with Gasteiger partial charge in [0.05, 0.1) is 19.4 Å². The van der Waals surface area contributed by atoms with Gasteiger partial charge in [-0.1, -0.05) is 18.2 Å². The van der Waals surface area contributed by atoms with Crippen molar-refractivity contribution in [2.75, 3.05) is 18.5 Å². The molecule has 0 aliphatic rings. The van der Waals surface area contributed by atoms with Gasteiger partial charge in [-0.25, -0.2) is 5.43 Å². The molecule has 0 aromatic heterocycles. The van der Waals surface area contributed by atoms with E-state index in [2.05, 4.69) is 22.4 Å². The number of nitrogens with one attached hydrogen (secondary N) is 2. The summed E-state index contributed by atoms with van der Waals surface area (Å²) in [4.78, 5) is 11.8. The topological polar surface area (TPSA) is 83.0 Å². The van der Waals surface area contributed by atoms with Crippen LogP contribution in [0.4, 0.5) is 5.69 Å². The first-order valence-corrected chi connectivity index (χ1v) is 8.34. The average Bonchev–Trinajstić information content (AvgIpc) is 2.64. The van der Waals surface area contributed by atoms with Gasteiger partial charge >= 0.3 is 0 Å². The number of hydrazone groups is 1. The molecular weight excluding hydrogens is 330 g/mol. The van der Waals surface area contributed by atoms with E-state index in [0.717, 1.165) is 17.0 Å². The molecule has 136 valence electrons. The highest BCUT2D eigenvalue weighted by Crippen LogP contribution is 2.21. The molecule has 6 nitrogen and oxygen atoms in total. The molecule has 1 amide bonds. The highest BCUT2D eigenvalue weighted by atomic mass is 16.5. The summed E-state index contributed by atoms with van der Waals surface area (Å²) in [7, 11) is 0. The normalized spacial score (nSPS) is 10.5. The maximum absolute atomic E-state index is 11.8. The first-order chi connectivity index (χ1) is 12.6. The Balaban J connectivity index is 1.84. The molecule has 26 heavy (non-hydrogen) atoms. The van der Waals surface area contributed by atoms with E-state index in [0.29, 0.717) is 18.6 Å². The van der Waals surface area contributed by atoms with Gasteiger partial charge in [0.1, 0.15) is 11.5 Å². The zero-order valence-corrected chi connectivity index (χ0v) is 14.7. The molecule has 0 aliphatic heterocycles. The molecule has 2 aromatic rings. The molecule has 0 heterocycles. The number of phenolic OH excluding ortho intramolecular Hbond substituents is 1. The Kier molecular flexibility index (Phi) is 7.24. The van der Waals surface area contributed by atoms with E-state index in [1.807, 2.05) is 43.3 Å². The molecule has 2 aromatic carbocycles. The number of hydrogen-bond acceptors (Lipinski definition) is 5. The van der Waals surface area contributed by atoms with Gasteiger partial charge in [-0.2, -0.15) is 5.10 Å². The Morgan fingerprint density at radius 1 is 1.27 bits per heavy atom. The monoisotopic (exact) mass is 353 g/mol. The van der Waals surface area contributed by atoms with Gasteiger partial charge in [-0.05, 0) is 49.2 Å². The Morgan fingerprint density at radius 2 is 2.04 bits per heavy atom. The van der Waals surface area contributed by atoms with E-state index in [4.69, 9.17) is 4.74 Å². The van der Waals surface area contributed by atoms with Crippen molar-refractivity contribution in [3.05, 3.63) is 66.2 Å². The summed E-state index contributed by atoms with van der Waals surface area (Å²) in [5.41, 5.74) is 4.52. The number of hydrogen-bond donors (Lipinski definition) is 3. The Labute approximate surface area is 153 Å². The summed E-state index contributed by atoms with van der Waals surface area (Å²) in [6.45, 7) is 6.27. The summed E-state index contributed by atoms with van der Waals surface area (Å²) in [6, 6.07) is 12.7. The fourth-order valence-corrected chi connectivity index (χ4v) is 2.27. The Morgan fingerprint density at radius 3 is 2.73 bits per heavy atom. The summed E-state index contributed by atoms with van der Waals surface area (Å²) in [5.74, 6) is 0.625. The first-order valence-electron chi connectivity index (χ1n) is 8.34. The van der Waals surface area contributed by atoms with E-state index in [1.165, 1.54) is 6.21 Å². The smallest absolute Gasteiger partial charge is 0.259 e. The molecule has 0 radical (unpaired) electrons. The third-order valence-electron chi connectivity index (χ3n) is 3.53. The SMILES string of the molecule is C=CCc1cccc(/C=N\NC(=O)CNc2ccc(OCC)cc2)c1O. The summed E-state index contributed by atoms with van der Waals surface area (Å²) in [5, 5.41) is 17.0. The van der Waals surface area contributed by atoms with Crippen molar-refractivity contribution < 1.29 is 14.6 Å². The fourth-order valence-electron chi connectivity index (χ4n) is 2.27. The van der Waals surface area contributed by atoms with Crippen LogP contribution in [0.2, 0.25) is 0 Å². The van der Waals surface area contributed by atoms with Crippen molar-refractivity contribution in [1.82, 2.24) is 5.43 Å². The van der Waals surface area contributed by atoms with Gasteiger partial charge < -0.3 is 15.2 Å². The summed E-state index contributed by atoms with van der Waals surface area (Å²) in [6.07, 6.45) is 3.69. The molecule has 0 bridgehead atoms. The van der Waals surface area contributed by atoms with Crippen LogP contribution in [0.5, 0.6) is 11.5 Å². The third-order valence-corrected chi connectivity index (χ3v) is 3.53. The number of carbonyl (C=O) groups is 1. The zero-order valence-electron chi connectivity index (χ0n) is 14.7. The molecule has 2 rings (SSSR count). The number of rotatable bonds is 9. The molecule has 0 unspecified atom stereocenters. The van der Waals surface area contributed by atoms with E-state index < -0.39 is 0 Å². The molecule has 0 spiro atoms. The minimum absolute atomic E-state index is 0.0772. The number of ether oxygens (including phenoxy) is 1. The zero-order chi connectivity index (χ0) is 18.8. The quantitative estimate of drug-likeness (QED) is 0.367. The number of nitrogens with zero attached hydrogens (tertiary/aromatic N) is 1. The van der Waals surface area contributed by atoms with Crippen molar-refractivity contribution in [1.29, 1.82) is 0 Å². The van der Waals surface area contributed by atoms with E-state index in [9.17, 15) is 9.90 Å². The Hall–Kier alpha value is -3.28. The lowest BCUT2D eigenvalue weighted by Crippen LogP contribution is -2.25. The second-order valence-corrected chi connectivity index (χ2v) is 5.45. The molecule has 0 aliphatic carbocycles. The molecule has 0 saturated carbocycles. The van der Waals surface area contributed by atoms with Gasteiger partial charge in [0.15, 0.2) is 0 Å². The molecule has 6 heteroatoms. The van der Waals surface area contributed by atoms with Gasteiger partial charge in [0.25, 0.3) is 5.91 Å². The average molecular weight is 353 g/mol. The van der Waals surface area contributed by atoms with Crippen LogP contribution in [0.1, 0.15) is 18.1 Å². The lowest BCUT2D eigenvalue weighted by Gasteiger charge is -2.07. The first kappa shape index (κ1) is 19.1. The number of aromatic hydroxyl groups is 1. The van der Waals surface area contributed by atoms with E-state index >= 15 is 0 Å². The van der Waals surface area contributed by atoms with Gasteiger partial charge in [0.2, 0.25) is 0 Å². The summed E-state index contributed by atoms with van der Waals surface area (Å²) >= 11 is 0. The van der Waals surface area contributed by atoms with Crippen LogP contribution in [-0.2, 0) is 11.2 Å². The standard InChI is InChI=1S/C20H23N3O3/c1-3-6-15-7-5-8-16(20(15)25)13-22-23-19(24)14-21-17-9-11-18(12-10-17)26-4-2/h3,5,7-13,21,25H,1,4,6,14H2,2H3,(H,23,24)/b22-13-. The van der Waals surface area contributed by atoms with Crippen LogP contribution in [-0.4, -0.2) is 30.4 Å². The fraction of sp³-hybridized carbons (Fsp3) is 0.200. The largest absolute Gasteiger partial charge is 0.507 e. The van der Waals surface area contributed by atoms with E-state index in [-0.39, 0.29) is 18.2 Å². The highest BCUT2D eigenvalue weighted by molar-refractivity contribution is 5.86. The molecule has 0 atom stereocenters. The second-order valence-electron chi connectivity index (χ2n) is 5.45. The number of allylic oxidation sites excluding steroid dienone is 1.